The number of aryl methyl sites for hydroxylation is 1. The average Bonchev–Trinajstić information content (AvgIpc) is 3.38. The lowest BCUT2D eigenvalue weighted by Gasteiger charge is -2.31. The highest BCUT2D eigenvalue weighted by Crippen LogP contribution is 2.31. The van der Waals surface area contributed by atoms with E-state index in [0.29, 0.717) is 40.5 Å². The van der Waals surface area contributed by atoms with Crippen LogP contribution in [0.4, 0.5) is 0 Å². The first-order valence-corrected chi connectivity index (χ1v) is 10.8. The Morgan fingerprint density at radius 2 is 2.21 bits per heavy atom. The van der Waals surface area contributed by atoms with E-state index in [1.54, 1.807) is 35.7 Å². The maximum Gasteiger partial charge on any atom is 0.223 e. The van der Waals surface area contributed by atoms with Gasteiger partial charge in [-0.3, -0.25) is 4.79 Å². The number of piperidine rings is 1. The van der Waals surface area contributed by atoms with Crippen LogP contribution in [-0.4, -0.2) is 33.9 Å². The van der Waals surface area contributed by atoms with Gasteiger partial charge in [0, 0.05) is 54.0 Å². The summed E-state index contributed by atoms with van der Waals surface area (Å²) in [4.78, 5) is 23.3. The first-order chi connectivity index (χ1) is 13.6. The maximum absolute atomic E-state index is 12.7. The molecule has 4 rings (SSSR count). The Bertz CT molecular complexity index is 958. The summed E-state index contributed by atoms with van der Waals surface area (Å²) in [5.41, 5.74) is 0.735. The molecule has 146 valence electrons. The summed E-state index contributed by atoms with van der Waals surface area (Å²) < 4.78 is 5.79. The van der Waals surface area contributed by atoms with Crippen LogP contribution in [0.15, 0.2) is 40.4 Å². The molecule has 5 nitrogen and oxygen atoms in total. The van der Waals surface area contributed by atoms with Crippen LogP contribution in [0.25, 0.3) is 11.3 Å². The van der Waals surface area contributed by atoms with Gasteiger partial charge in [0.05, 0.1) is 16.2 Å². The monoisotopic (exact) mass is 435 g/mol. The van der Waals surface area contributed by atoms with Crippen molar-refractivity contribution in [2.75, 3.05) is 13.1 Å². The molecule has 0 bridgehead atoms. The largest absolute Gasteiger partial charge is 0.441 e. The van der Waals surface area contributed by atoms with Crippen LogP contribution in [0, 0.1) is 0 Å². The van der Waals surface area contributed by atoms with Gasteiger partial charge in [-0.1, -0.05) is 23.2 Å². The van der Waals surface area contributed by atoms with Crippen LogP contribution >= 0.6 is 34.5 Å². The van der Waals surface area contributed by atoms with Gasteiger partial charge in [-0.25, -0.2) is 9.97 Å². The van der Waals surface area contributed by atoms with E-state index in [4.69, 9.17) is 27.6 Å². The molecule has 3 aromatic rings. The highest BCUT2D eigenvalue weighted by molar-refractivity contribution is 7.09. The lowest BCUT2D eigenvalue weighted by atomic mass is 9.98. The lowest BCUT2D eigenvalue weighted by Crippen LogP contribution is -2.39. The van der Waals surface area contributed by atoms with Crippen molar-refractivity contribution >= 4 is 40.4 Å². The molecule has 1 saturated heterocycles. The third-order valence-corrected chi connectivity index (χ3v) is 6.36. The highest BCUT2D eigenvalue weighted by Gasteiger charge is 2.26. The van der Waals surface area contributed by atoms with Crippen LogP contribution in [0.3, 0.4) is 0 Å². The fraction of sp³-hybridized carbons (Fsp3) is 0.350. The Hall–Kier alpha value is -1.89. The van der Waals surface area contributed by atoms with Crippen LogP contribution in [-0.2, 0) is 11.2 Å². The van der Waals surface area contributed by atoms with Gasteiger partial charge in [0.15, 0.2) is 11.7 Å². The molecule has 3 heterocycles. The number of oxazole rings is 1. The number of rotatable bonds is 5. The van der Waals surface area contributed by atoms with E-state index in [1.807, 2.05) is 16.5 Å². The first kappa shape index (κ1) is 19.4. The van der Waals surface area contributed by atoms with Gasteiger partial charge in [-0.05, 0) is 31.0 Å². The number of carbonyl (C=O) groups excluding carboxylic acids is 1. The van der Waals surface area contributed by atoms with Gasteiger partial charge in [-0.2, -0.15) is 0 Å². The Kier molecular flexibility index (Phi) is 5.99. The topological polar surface area (TPSA) is 59.2 Å². The Labute approximate surface area is 177 Å². The van der Waals surface area contributed by atoms with E-state index in [9.17, 15) is 4.79 Å². The van der Waals surface area contributed by atoms with E-state index < -0.39 is 0 Å². The van der Waals surface area contributed by atoms with Crippen LogP contribution in [0.1, 0.15) is 36.1 Å². The maximum atomic E-state index is 12.7. The fourth-order valence-electron chi connectivity index (χ4n) is 3.45. The zero-order chi connectivity index (χ0) is 19.5. The standard InChI is InChI=1S/C20H19Cl2N3O2S/c21-14-3-4-15(16(22)10-14)17-11-24-18(27-17)5-6-19(26)25-8-1-2-13(12-25)20-23-7-9-28-20/h3-4,7,9-11,13H,1-2,5-6,8,12H2. The van der Waals surface area contributed by atoms with Crippen molar-refractivity contribution < 1.29 is 9.21 Å². The molecule has 28 heavy (non-hydrogen) atoms. The number of likely N-dealkylation sites (tertiary alicyclic amines) is 1. The summed E-state index contributed by atoms with van der Waals surface area (Å²) in [6.07, 6.45) is 6.39. The highest BCUT2D eigenvalue weighted by atomic mass is 35.5. The van der Waals surface area contributed by atoms with Gasteiger partial charge in [0.2, 0.25) is 5.91 Å². The van der Waals surface area contributed by atoms with Crippen molar-refractivity contribution in [1.82, 2.24) is 14.9 Å². The molecule has 1 aromatic carbocycles. The number of amides is 1. The third-order valence-electron chi connectivity index (χ3n) is 4.88. The summed E-state index contributed by atoms with van der Waals surface area (Å²) in [5.74, 6) is 1.58. The first-order valence-electron chi connectivity index (χ1n) is 9.17. The molecule has 8 heteroatoms. The van der Waals surface area contributed by atoms with Gasteiger partial charge < -0.3 is 9.32 Å². The molecular formula is C20H19Cl2N3O2S. The summed E-state index contributed by atoms with van der Waals surface area (Å²) in [5, 5.41) is 4.18. The Morgan fingerprint density at radius 1 is 1.32 bits per heavy atom. The molecule has 0 radical (unpaired) electrons. The van der Waals surface area contributed by atoms with Gasteiger partial charge >= 0.3 is 0 Å². The Balaban J connectivity index is 1.35. The molecule has 0 N–H and O–H groups in total. The second-order valence-corrected chi connectivity index (χ2v) is 8.56. The lowest BCUT2D eigenvalue weighted by molar-refractivity contribution is -0.132. The molecule has 2 aromatic heterocycles. The molecular weight excluding hydrogens is 417 g/mol. The number of nitrogens with zero attached hydrogens (tertiary/aromatic N) is 3. The normalized spacial score (nSPS) is 17.1. The minimum absolute atomic E-state index is 0.130. The van der Waals surface area contributed by atoms with E-state index in [2.05, 4.69) is 9.97 Å². The van der Waals surface area contributed by atoms with Crippen molar-refractivity contribution in [1.29, 1.82) is 0 Å². The molecule has 1 atom stereocenters. The second-order valence-electron chi connectivity index (χ2n) is 6.79. The Morgan fingerprint density at radius 3 is 3.00 bits per heavy atom. The molecule has 1 aliphatic heterocycles. The zero-order valence-electron chi connectivity index (χ0n) is 15.1. The van der Waals surface area contributed by atoms with Gasteiger partial charge in [0.1, 0.15) is 0 Å². The SMILES string of the molecule is O=C(CCc1ncc(-c2ccc(Cl)cc2Cl)o1)N1CCCC(c2nccs2)C1. The van der Waals surface area contributed by atoms with Crippen LogP contribution in [0.2, 0.25) is 10.0 Å². The zero-order valence-corrected chi connectivity index (χ0v) is 17.4. The molecule has 0 aliphatic carbocycles. The number of thiazole rings is 1. The summed E-state index contributed by atoms with van der Waals surface area (Å²) in [6.45, 7) is 1.54. The van der Waals surface area contributed by atoms with Crippen LogP contribution < -0.4 is 0 Å². The molecule has 0 spiro atoms. The molecule has 1 fully saturated rings. The predicted molar refractivity (Wildman–Crippen MR) is 111 cm³/mol. The number of benzene rings is 1. The molecule has 1 aliphatic rings. The van der Waals surface area contributed by atoms with Crippen LogP contribution in [0.5, 0.6) is 0 Å². The van der Waals surface area contributed by atoms with Crippen molar-refractivity contribution in [3.63, 3.8) is 0 Å². The van der Waals surface area contributed by atoms with Crippen molar-refractivity contribution in [2.45, 2.75) is 31.6 Å². The number of carbonyl (C=O) groups is 1. The summed E-state index contributed by atoms with van der Waals surface area (Å²) in [7, 11) is 0. The van der Waals surface area contributed by atoms with Crippen molar-refractivity contribution in [3.8, 4) is 11.3 Å². The molecule has 0 saturated carbocycles. The molecule has 1 unspecified atom stereocenters. The number of hydrogen-bond acceptors (Lipinski definition) is 5. The minimum atomic E-state index is 0.130. The van der Waals surface area contributed by atoms with Gasteiger partial charge in [-0.15, -0.1) is 11.3 Å². The van der Waals surface area contributed by atoms with E-state index in [0.717, 1.165) is 36.5 Å². The summed E-state index contributed by atoms with van der Waals surface area (Å²) in [6, 6.07) is 5.22. The molecule has 1 amide bonds. The van der Waals surface area contributed by atoms with Crippen molar-refractivity contribution in [3.05, 3.63) is 56.9 Å². The second kappa shape index (κ2) is 8.64. The number of aromatic nitrogens is 2. The minimum Gasteiger partial charge on any atom is -0.441 e. The fourth-order valence-corrected chi connectivity index (χ4v) is 4.72. The van der Waals surface area contributed by atoms with E-state index in [1.165, 1.54) is 0 Å². The smallest absolute Gasteiger partial charge is 0.223 e. The third kappa shape index (κ3) is 4.40. The summed E-state index contributed by atoms with van der Waals surface area (Å²) >= 11 is 13.8. The van der Waals surface area contributed by atoms with Crippen molar-refractivity contribution in [2.24, 2.45) is 0 Å². The average molecular weight is 436 g/mol. The predicted octanol–water partition coefficient (Wildman–Crippen LogP) is 5.44. The number of hydrogen-bond donors (Lipinski definition) is 0. The van der Waals surface area contributed by atoms with E-state index in [-0.39, 0.29) is 5.91 Å². The van der Waals surface area contributed by atoms with E-state index >= 15 is 0 Å². The quantitative estimate of drug-likeness (QED) is 0.534. The van der Waals surface area contributed by atoms with Gasteiger partial charge in [0.25, 0.3) is 0 Å². The number of halogens is 2.